The number of halogens is 1. The molecule has 0 saturated heterocycles. The zero-order valence-corrected chi connectivity index (χ0v) is 8.71. The van der Waals surface area contributed by atoms with Gasteiger partial charge in [-0.3, -0.25) is 0 Å². The first kappa shape index (κ1) is 8.71. The Bertz CT molecular complexity index is 363. The summed E-state index contributed by atoms with van der Waals surface area (Å²) in [6, 6.07) is 6.27. The second kappa shape index (κ2) is 3.12. The van der Waals surface area contributed by atoms with Crippen molar-refractivity contribution in [2.45, 2.75) is 24.7 Å². The molecule has 1 aliphatic carbocycles. The average Bonchev–Trinajstić information content (AvgIpc) is 2.07. The lowest BCUT2D eigenvalue weighted by Crippen LogP contribution is -2.32. The van der Waals surface area contributed by atoms with Gasteiger partial charge in [0.05, 0.1) is 11.5 Å². The Morgan fingerprint density at radius 2 is 2.31 bits per heavy atom. The molecule has 0 aromatic carbocycles. The number of nitriles is 1. The maximum Gasteiger partial charge on any atom is 0.110 e. The van der Waals surface area contributed by atoms with Crippen LogP contribution in [-0.2, 0) is 5.41 Å². The number of pyridine rings is 1. The van der Waals surface area contributed by atoms with Crippen molar-refractivity contribution in [2.24, 2.45) is 0 Å². The highest BCUT2D eigenvalue weighted by Gasteiger charge is 2.40. The zero-order chi connectivity index (χ0) is 9.31. The van der Waals surface area contributed by atoms with Gasteiger partial charge < -0.3 is 0 Å². The van der Waals surface area contributed by atoms with Crippen molar-refractivity contribution < 1.29 is 0 Å². The Morgan fingerprint density at radius 1 is 1.54 bits per heavy atom. The molecule has 1 aliphatic rings. The van der Waals surface area contributed by atoms with Crippen LogP contribution in [0.25, 0.3) is 0 Å². The van der Waals surface area contributed by atoms with E-state index < -0.39 is 0 Å². The molecular formula is C10H9BrN2. The van der Waals surface area contributed by atoms with Crippen LogP contribution in [0.4, 0.5) is 0 Å². The quantitative estimate of drug-likeness (QED) is 0.704. The van der Waals surface area contributed by atoms with Crippen LogP contribution in [0.2, 0.25) is 0 Å². The van der Waals surface area contributed by atoms with Gasteiger partial charge in [0.15, 0.2) is 0 Å². The van der Waals surface area contributed by atoms with E-state index in [9.17, 15) is 0 Å². The van der Waals surface area contributed by atoms with Gasteiger partial charge in [0.1, 0.15) is 4.60 Å². The summed E-state index contributed by atoms with van der Waals surface area (Å²) >= 11 is 3.39. The SMILES string of the molecule is N#CC1(c2cccnc2Br)CCC1. The monoisotopic (exact) mass is 236 g/mol. The third-order valence-corrected chi connectivity index (χ3v) is 3.33. The van der Waals surface area contributed by atoms with Gasteiger partial charge in [-0.1, -0.05) is 6.07 Å². The Hall–Kier alpha value is -0.880. The highest BCUT2D eigenvalue weighted by molar-refractivity contribution is 9.10. The molecule has 0 aliphatic heterocycles. The molecule has 13 heavy (non-hydrogen) atoms. The van der Waals surface area contributed by atoms with E-state index >= 15 is 0 Å². The van der Waals surface area contributed by atoms with Gasteiger partial charge in [-0.15, -0.1) is 0 Å². The second-order valence-electron chi connectivity index (χ2n) is 3.39. The maximum absolute atomic E-state index is 9.12. The van der Waals surface area contributed by atoms with Crippen LogP contribution in [0.5, 0.6) is 0 Å². The van der Waals surface area contributed by atoms with E-state index in [1.165, 1.54) is 0 Å². The summed E-state index contributed by atoms with van der Waals surface area (Å²) in [6.07, 6.45) is 4.81. The molecule has 1 fully saturated rings. The molecule has 0 amide bonds. The number of rotatable bonds is 1. The minimum atomic E-state index is -0.257. The van der Waals surface area contributed by atoms with Gasteiger partial charge in [0.2, 0.25) is 0 Å². The molecule has 2 rings (SSSR count). The smallest absolute Gasteiger partial charge is 0.110 e. The summed E-state index contributed by atoms with van der Waals surface area (Å²) < 4.78 is 0.816. The van der Waals surface area contributed by atoms with Crippen LogP contribution in [0.3, 0.4) is 0 Å². The molecule has 0 atom stereocenters. The highest BCUT2D eigenvalue weighted by atomic mass is 79.9. The molecule has 66 valence electrons. The van der Waals surface area contributed by atoms with Gasteiger partial charge in [0, 0.05) is 11.8 Å². The first-order valence-electron chi connectivity index (χ1n) is 4.31. The third-order valence-electron chi connectivity index (χ3n) is 2.70. The molecule has 0 spiro atoms. The van der Waals surface area contributed by atoms with Crippen molar-refractivity contribution in [2.75, 3.05) is 0 Å². The van der Waals surface area contributed by atoms with Crippen LogP contribution in [0.1, 0.15) is 24.8 Å². The van der Waals surface area contributed by atoms with Crippen LogP contribution >= 0.6 is 15.9 Å². The van der Waals surface area contributed by atoms with Crippen LogP contribution in [0, 0.1) is 11.3 Å². The van der Waals surface area contributed by atoms with E-state index in [1.54, 1.807) is 6.20 Å². The molecule has 0 unspecified atom stereocenters. The van der Waals surface area contributed by atoms with Gasteiger partial charge in [-0.05, 0) is 41.3 Å². The van der Waals surface area contributed by atoms with Crippen molar-refractivity contribution >= 4 is 15.9 Å². The highest BCUT2D eigenvalue weighted by Crippen LogP contribution is 2.44. The van der Waals surface area contributed by atoms with Gasteiger partial charge in [-0.2, -0.15) is 5.26 Å². The Morgan fingerprint density at radius 3 is 2.77 bits per heavy atom. The van der Waals surface area contributed by atoms with Crippen LogP contribution in [-0.4, -0.2) is 4.98 Å². The molecule has 1 aromatic rings. The lowest BCUT2D eigenvalue weighted by atomic mass is 9.66. The van der Waals surface area contributed by atoms with Gasteiger partial charge in [0.25, 0.3) is 0 Å². The first-order chi connectivity index (χ1) is 6.28. The van der Waals surface area contributed by atoms with Crippen molar-refractivity contribution in [1.29, 1.82) is 5.26 Å². The predicted octanol–water partition coefficient (Wildman–Crippen LogP) is 2.79. The van der Waals surface area contributed by atoms with E-state index in [2.05, 4.69) is 27.0 Å². The van der Waals surface area contributed by atoms with Crippen molar-refractivity contribution in [3.63, 3.8) is 0 Å². The van der Waals surface area contributed by atoms with Gasteiger partial charge >= 0.3 is 0 Å². The van der Waals surface area contributed by atoms with Crippen molar-refractivity contribution in [3.8, 4) is 6.07 Å². The van der Waals surface area contributed by atoms with Crippen LogP contribution in [0.15, 0.2) is 22.9 Å². The number of nitrogens with zero attached hydrogens (tertiary/aromatic N) is 2. The maximum atomic E-state index is 9.12. The fraction of sp³-hybridized carbons (Fsp3) is 0.400. The topological polar surface area (TPSA) is 36.7 Å². The molecule has 0 bridgehead atoms. The first-order valence-corrected chi connectivity index (χ1v) is 5.10. The van der Waals surface area contributed by atoms with Gasteiger partial charge in [-0.25, -0.2) is 4.98 Å². The zero-order valence-electron chi connectivity index (χ0n) is 7.13. The van der Waals surface area contributed by atoms with Crippen molar-refractivity contribution in [3.05, 3.63) is 28.5 Å². The molecule has 2 nitrogen and oxygen atoms in total. The largest absolute Gasteiger partial charge is 0.249 e. The minimum Gasteiger partial charge on any atom is -0.249 e. The summed E-state index contributed by atoms with van der Waals surface area (Å²) in [5.74, 6) is 0. The molecule has 1 saturated carbocycles. The lowest BCUT2D eigenvalue weighted by molar-refractivity contribution is 0.322. The minimum absolute atomic E-state index is 0.257. The molecule has 0 N–H and O–H groups in total. The number of hydrogen-bond donors (Lipinski definition) is 0. The van der Waals surface area contributed by atoms with Crippen molar-refractivity contribution in [1.82, 2.24) is 4.98 Å². The Kier molecular flexibility index (Phi) is 2.09. The lowest BCUT2D eigenvalue weighted by Gasteiger charge is -2.35. The third kappa shape index (κ3) is 1.26. The average molecular weight is 237 g/mol. The van der Waals surface area contributed by atoms with E-state index in [-0.39, 0.29) is 5.41 Å². The van der Waals surface area contributed by atoms with E-state index in [0.717, 1.165) is 29.4 Å². The van der Waals surface area contributed by atoms with E-state index in [4.69, 9.17) is 5.26 Å². The standard InChI is InChI=1S/C10H9BrN2/c11-9-8(3-1-6-13-9)10(7-12)4-2-5-10/h1,3,6H,2,4-5H2. The molecule has 1 heterocycles. The molecular weight excluding hydrogens is 228 g/mol. The summed E-state index contributed by atoms with van der Waals surface area (Å²) in [6.45, 7) is 0. The summed E-state index contributed by atoms with van der Waals surface area (Å²) in [5.41, 5.74) is 0.788. The predicted molar refractivity (Wildman–Crippen MR) is 53.1 cm³/mol. The number of aromatic nitrogens is 1. The number of hydrogen-bond acceptors (Lipinski definition) is 2. The summed E-state index contributed by atoms with van der Waals surface area (Å²) in [5, 5.41) is 9.12. The molecule has 0 radical (unpaired) electrons. The fourth-order valence-corrected chi connectivity index (χ4v) is 2.34. The summed E-state index contributed by atoms with van der Waals surface area (Å²) in [4.78, 5) is 4.14. The molecule has 3 heteroatoms. The van der Waals surface area contributed by atoms with Crippen LogP contribution < -0.4 is 0 Å². The van der Waals surface area contributed by atoms with E-state index in [1.807, 2.05) is 12.1 Å². The van der Waals surface area contributed by atoms with E-state index in [0.29, 0.717) is 0 Å². The second-order valence-corrected chi connectivity index (χ2v) is 4.14. The summed E-state index contributed by atoms with van der Waals surface area (Å²) in [7, 11) is 0. The Labute approximate surface area is 85.7 Å². The fourth-order valence-electron chi connectivity index (χ4n) is 1.71. The normalized spacial score (nSPS) is 18.8. The molecule has 1 aromatic heterocycles. The Balaban J connectivity index is 2.46.